The number of hydrogen-bond acceptors (Lipinski definition) is 4. The Hall–Kier alpha value is -1.89. The molecule has 1 aromatic carbocycles. The fourth-order valence-corrected chi connectivity index (χ4v) is 2.21. The number of hydrogen-bond donors (Lipinski definition) is 1. The molecular weight excluding hydrogens is 341 g/mol. The topological polar surface area (TPSA) is 70.1 Å². The van der Waals surface area contributed by atoms with Crippen molar-refractivity contribution in [3.8, 4) is 0 Å². The molecular formula is C14H15BrFN3O2. The summed E-state index contributed by atoms with van der Waals surface area (Å²) in [5, 5.41) is 4.16. The predicted octanol–water partition coefficient (Wildman–Crippen LogP) is 2.73. The van der Waals surface area contributed by atoms with Gasteiger partial charge in [0, 0.05) is 10.0 Å². The molecule has 0 bridgehead atoms. The van der Waals surface area contributed by atoms with Crippen LogP contribution in [0, 0.1) is 19.7 Å². The van der Waals surface area contributed by atoms with E-state index in [0.29, 0.717) is 21.4 Å². The molecule has 5 nitrogen and oxygen atoms in total. The number of nitrogens with zero attached hydrogens (tertiary/aromatic N) is 2. The first-order valence-corrected chi connectivity index (χ1v) is 7.07. The molecule has 0 radical (unpaired) electrons. The van der Waals surface area contributed by atoms with Gasteiger partial charge < -0.3 is 10.5 Å². The van der Waals surface area contributed by atoms with Crippen molar-refractivity contribution in [3.63, 3.8) is 0 Å². The lowest BCUT2D eigenvalue weighted by Gasteiger charge is -2.08. The van der Waals surface area contributed by atoms with Gasteiger partial charge in [0.15, 0.2) is 0 Å². The predicted molar refractivity (Wildman–Crippen MR) is 80.0 cm³/mol. The molecule has 1 aromatic heterocycles. The maximum Gasteiger partial charge on any atom is 0.328 e. The van der Waals surface area contributed by atoms with E-state index in [1.54, 1.807) is 19.9 Å². The van der Waals surface area contributed by atoms with Gasteiger partial charge in [0.05, 0.1) is 17.1 Å². The molecule has 2 rings (SSSR count). The minimum Gasteiger partial charge on any atom is -0.459 e. The van der Waals surface area contributed by atoms with Crippen molar-refractivity contribution >= 4 is 27.6 Å². The molecule has 0 amide bonds. The van der Waals surface area contributed by atoms with Crippen LogP contribution in [0.5, 0.6) is 0 Å². The van der Waals surface area contributed by atoms with Gasteiger partial charge in [0.1, 0.15) is 19.0 Å². The van der Waals surface area contributed by atoms with Gasteiger partial charge in [-0.25, -0.2) is 4.39 Å². The molecule has 0 aliphatic rings. The summed E-state index contributed by atoms with van der Waals surface area (Å²) < 4.78 is 20.4. The zero-order chi connectivity index (χ0) is 15.6. The number of nitrogens with two attached hydrogens (primary N) is 1. The average Bonchev–Trinajstić information content (AvgIpc) is 2.67. The fourth-order valence-electron chi connectivity index (χ4n) is 1.84. The van der Waals surface area contributed by atoms with E-state index in [-0.39, 0.29) is 19.0 Å². The second-order valence-corrected chi connectivity index (χ2v) is 5.49. The molecule has 0 fully saturated rings. The second-order valence-electron chi connectivity index (χ2n) is 4.64. The molecule has 1 heterocycles. The summed E-state index contributed by atoms with van der Waals surface area (Å²) in [4.78, 5) is 11.8. The van der Waals surface area contributed by atoms with Gasteiger partial charge in [-0.15, -0.1) is 0 Å². The monoisotopic (exact) mass is 355 g/mol. The fraction of sp³-hybridized carbons (Fsp3) is 0.286. The maximum atomic E-state index is 13.1. The summed E-state index contributed by atoms with van der Waals surface area (Å²) in [5.74, 6) is -0.840. The number of rotatable bonds is 4. The van der Waals surface area contributed by atoms with Crippen molar-refractivity contribution in [3.05, 3.63) is 45.4 Å². The summed E-state index contributed by atoms with van der Waals surface area (Å²) in [7, 11) is 0. The minimum atomic E-state index is -0.461. The molecule has 21 heavy (non-hydrogen) atoms. The number of esters is 1. The Morgan fingerprint density at radius 2 is 2.19 bits per heavy atom. The molecule has 0 aliphatic carbocycles. The zero-order valence-electron chi connectivity index (χ0n) is 11.7. The molecule has 2 aromatic rings. The molecule has 2 N–H and O–H groups in total. The number of benzene rings is 1. The van der Waals surface area contributed by atoms with E-state index in [9.17, 15) is 9.18 Å². The highest BCUT2D eigenvalue weighted by atomic mass is 79.9. The highest BCUT2D eigenvalue weighted by molar-refractivity contribution is 9.10. The second kappa shape index (κ2) is 6.26. The van der Waals surface area contributed by atoms with Crippen LogP contribution in [-0.4, -0.2) is 15.7 Å². The number of aryl methyl sites for hydroxylation is 1. The smallest absolute Gasteiger partial charge is 0.328 e. The zero-order valence-corrected chi connectivity index (χ0v) is 13.3. The normalized spacial score (nSPS) is 10.7. The van der Waals surface area contributed by atoms with Crippen LogP contribution in [0.2, 0.25) is 0 Å². The number of carbonyl (C=O) groups excluding carboxylic acids is 1. The lowest BCUT2D eigenvalue weighted by atomic mass is 10.2. The van der Waals surface area contributed by atoms with Crippen LogP contribution in [0.15, 0.2) is 22.7 Å². The Labute approximate surface area is 130 Å². The number of halogens is 2. The van der Waals surface area contributed by atoms with Gasteiger partial charge in [-0.3, -0.25) is 9.48 Å². The van der Waals surface area contributed by atoms with Gasteiger partial charge in [-0.2, -0.15) is 5.10 Å². The number of nitrogen functional groups attached to an aromatic ring is 1. The SMILES string of the molecule is Cc1nn(CC(=O)OCc2cc(F)ccc2Br)c(C)c1N. The van der Waals surface area contributed by atoms with Crippen molar-refractivity contribution in [2.24, 2.45) is 0 Å². The van der Waals surface area contributed by atoms with Gasteiger partial charge >= 0.3 is 5.97 Å². The first-order chi connectivity index (χ1) is 9.88. The van der Waals surface area contributed by atoms with Crippen LogP contribution in [0.1, 0.15) is 17.0 Å². The number of anilines is 1. The molecule has 0 saturated heterocycles. The first-order valence-electron chi connectivity index (χ1n) is 6.27. The molecule has 0 unspecified atom stereocenters. The summed E-state index contributed by atoms with van der Waals surface area (Å²) in [6, 6.07) is 4.22. The molecule has 112 valence electrons. The third-order valence-electron chi connectivity index (χ3n) is 3.11. The van der Waals surface area contributed by atoms with Gasteiger partial charge in [-0.1, -0.05) is 15.9 Å². The van der Waals surface area contributed by atoms with Gasteiger partial charge in [0.25, 0.3) is 0 Å². The van der Waals surface area contributed by atoms with E-state index in [1.807, 2.05) is 0 Å². The lowest BCUT2D eigenvalue weighted by molar-refractivity contribution is -0.145. The summed E-state index contributed by atoms with van der Waals surface area (Å²) >= 11 is 3.28. The van der Waals surface area contributed by atoms with E-state index in [2.05, 4.69) is 21.0 Å². The number of ether oxygens (including phenoxy) is 1. The maximum absolute atomic E-state index is 13.1. The Morgan fingerprint density at radius 3 is 2.81 bits per heavy atom. The standard InChI is InChI=1S/C14H15BrFN3O2/c1-8-14(17)9(2)19(18-8)6-13(20)21-7-10-5-11(16)3-4-12(10)15/h3-5H,6-7,17H2,1-2H3. The van der Waals surface area contributed by atoms with E-state index >= 15 is 0 Å². The van der Waals surface area contributed by atoms with E-state index in [0.717, 1.165) is 5.69 Å². The third-order valence-corrected chi connectivity index (χ3v) is 3.89. The Kier molecular flexibility index (Phi) is 4.62. The van der Waals surface area contributed by atoms with E-state index < -0.39 is 5.97 Å². The Bertz CT molecular complexity index is 685. The summed E-state index contributed by atoms with van der Waals surface area (Å²) in [6.45, 7) is 3.52. The largest absolute Gasteiger partial charge is 0.459 e. The van der Waals surface area contributed by atoms with Crippen molar-refractivity contribution < 1.29 is 13.9 Å². The van der Waals surface area contributed by atoms with Gasteiger partial charge in [-0.05, 0) is 32.0 Å². The lowest BCUT2D eigenvalue weighted by Crippen LogP contribution is -2.16. The van der Waals surface area contributed by atoms with Crippen LogP contribution in [0.3, 0.4) is 0 Å². The molecule has 0 saturated carbocycles. The van der Waals surface area contributed by atoms with Crippen LogP contribution < -0.4 is 5.73 Å². The summed E-state index contributed by atoms with van der Waals surface area (Å²) in [5.41, 5.74) is 8.32. The first kappa shape index (κ1) is 15.5. The summed E-state index contributed by atoms with van der Waals surface area (Å²) in [6.07, 6.45) is 0. The quantitative estimate of drug-likeness (QED) is 0.856. The third kappa shape index (κ3) is 3.60. The minimum absolute atomic E-state index is 0.00798. The van der Waals surface area contributed by atoms with E-state index in [1.165, 1.54) is 16.8 Å². The van der Waals surface area contributed by atoms with E-state index in [4.69, 9.17) is 10.5 Å². The van der Waals surface area contributed by atoms with Crippen LogP contribution in [0.25, 0.3) is 0 Å². The molecule has 0 aliphatic heterocycles. The van der Waals surface area contributed by atoms with Crippen molar-refractivity contribution in [2.45, 2.75) is 27.0 Å². The Balaban J connectivity index is 1.99. The Morgan fingerprint density at radius 1 is 1.48 bits per heavy atom. The van der Waals surface area contributed by atoms with Crippen molar-refractivity contribution in [1.29, 1.82) is 0 Å². The van der Waals surface area contributed by atoms with Crippen molar-refractivity contribution in [2.75, 3.05) is 5.73 Å². The highest BCUT2D eigenvalue weighted by Crippen LogP contribution is 2.19. The molecule has 0 spiro atoms. The highest BCUT2D eigenvalue weighted by Gasteiger charge is 2.13. The number of aromatic nitrogens is 2. The van der Waals surface area contributed by atoms with Crippen molar-refractivity contribution in [1.82, 2.24) is 9.78 Å². The van der Waals surface area contributed by atoms with Gasteiger partial charge in [0.2, 0.25) is 0 Å². The van der Waals surface area contributed by atoms with Crippen LogP contribution in [0.4, 0.5) is 10.1 Å². The van der Waals surface area contributed by atoms with Crippen LogP contribution >= 0.6 is 15.9 Å². The van der Waals surface area contributed by atoms with Crippen LogP contribution in [-0.2, 0) is 22.7 Å². The number of carbonyl (C=O) groups is 1. The molecule has 7 heteroatoms. The molecule has 0 atom stereocenters. The average molecular weight is 356 g/mol.